The lowest BCUT2D eigenvalue weighted by Gasteiger charge is -2.17. The SMILES string of the molecule is COc1ccc(OC)c(C2=CCNCC2)c1. The Balaban J connectivity index is 2.39. The lowest BCUT2D eigenvalue weighted by Crippen LogP contribution is -2.20. The lowest BCUT2D eigenvalue weighted by atomic mass is 9.99. The van der Waals surface area contributed by atoms with Crippen LogP contribution in [-0.4, -0.2) is 27.3 Å². The first-order valence-electron chi connectivity index (χ1n) is 5.47. The van der Waals surface area contributed by atoms with Crippen LogP contribution < -0.4 is 14.8 Å². The van der Waals surface area contributed by atoms with Crippen molar-refractivity contribution in [1.82, 2.24) is 5.32 Å². The topological polar surface area (TPSA) is 30.5 Å². The zero-order chi connectivity index (χ0) is 11.4. The van der Waals surface area contributed by atoms with Gasteiger partial charge in [-0.05, 0) is 36.7 Å². The molecule has 0 amide bonds. The van der Waals surface area contributed by atoms with Crippen molar-refractivity contribution in [1.29, 1.82) is 0 Å². The fourth-order valence-corrected chi connectivity index (χ4v) is 1.93. The van der Waals surface area contributed by atoms with Crippen molar-refractivity contribution in [2.75, 3.05) is 27.3 Å². The molecular formula is C13H17NO2. The summed E-state index contributed by atoms with van der Waals surface area (Å²) in [6.07, 6.45) is 3.24. The Morgan fingerprint density at radius 2 is 2.06 bits per heavy atom. The average molecular weight is 219 g/mol. The Morgan fingerprint density at radius 1 is 1.19 bits per heavy atom. The van der Waals surface area contributed by atoms with Gasteiger partial charge in [0.15, 0.2) is 0 Å². The predicted octanol–water partition coefficient (Wildman–Crippen LogP) is 2.08. The summed E-state index contributed by atoms with van der Waals surface area (Å²) < 4.78 is 10.6. The van der Waals surface area contributed by atoms with Crippen LogP contribution in [0.1, 0.15) is 12.0 Å². The Labute approximate surface area is 96.1 Å². The molecule has 1 N–H and O–H groups in total. The van der Waals surface area contributed by atoms with Crippen LogP contribution in [0, 0.1) is 0 Å². The molecule has 0 atom stereocenters. The fraction of sp³-hybridized carbons (Fsp3) is 0.385. The minimum atomic E-state index is 0.871. The highest BCUT2D eigenvalue weighted by Crippen LogP contribution is 2.32. The van der Waals surface area contributed by atoms with E-state index in [2.05, 4.69) is 11.4 Å². The highest BCUT2D eigenvalue weighted by Gasteiger charge is 2.11. The first-order valence-corrected chi connectivity index (χ1v) is 5.47. The van der Waals surface area contributed by atoms with Crippen molar-refractivity contribution in [2.45, 2.75) is 6.42 Å². The second kappa shape index (κ2) is 5.03. The summed E-state index contributed by atoms with van der Waals surface area (Å²) in [6.45, 7) is 1.95. The van der Waals surface area contributed by atoms with Gasteiger partial charge in [-0.3, -0.25) is 0 Å². The third kappa shape index (κ3) is 2.19. The van der Waals surface area contributed by atoms with Gasteiger partial charge in [0.2, 0.25) is 0 Å². The molecule has 86 valence electrons. The minimum absolute atomic E-state index is 0.871. The number of rotatable bonds is 3. The van der Waals surface area contributed by atoms with E-state index in [4.69, 9.17) is 9.47 Å². The van der Waals surface area contributed by atoms with Gasteiger partial charge in [0.05, 0.1) is 14.2 Å². The maximum absolute atomic E-state index is 5.38. The number of benzene rings is 1. The molecule has 0 aliphatic carbocycles. The van der Waals surface area contributed by atoms with Gasteiger partial charge in [-0.2, -0.15) is 0 Å². The van der Waals surface area contributed by atoms with Crippen LogP contribution in [-0.2, 0) is 0 Å². The second-order valence-corrected chi connectivity index (χ2v) is 3.75. The Morgan fingerprint density at radius 3 is 2.69 bits per heavy atom. The fourth-order valence-electron chi connectivity index (χ4n) is 1.93. The maximum Gasteiger partial charge on any atom is 0.126 e. The van der Waals surface area contributed by atoms with E-state index in [9.17, 15) is 0 Å². The molecule has 0 aromatic heterocycles. The standard InChI is InChI=1S/C13H17NO2/c1-15-11-3-4-13(16-2)12(9-11)10-5-7-14-8-6-10/h3-5,9,14H,6-8H2,1-2H3. The number of nitrogens with one attached hydrogen (secondary N) is 1. The maximum atomic E-state index is 5.38. The van der Waals surface area contributed by atoms with E-state index in [-0.39, 0.29) is 0 Å². The van der Waals surface area contributed by atoms with E-state index in [1.165, 1.54) is 5.57 Å². The average Bonchev–Trinajstić information content (AvgIpc) is 2.39. The van der Waals surface area contributed by atoms with Crippen LogP contribution in [0.2, 0.25) is 0 Å². The molecule has 0 saturated carbocycles. The molecule has 1 heterocycles. The van der Waals surface area contributed by atoms with Gasteiger partial charge in [-0.1, -0.05) is 6.08 Å². The van der Waals surface area contributed by atoms with Crippen LogP contribution in [0.4, 0.5) is 0 Å². The van der Waals surface area contributed by atoms with Crippen molar-refractivity contribution < 1.29 is 9.47 Å². The van der Waals surface area contributed by atoms with Crippen LogP contribution in [0.25, 0.3) is 5.57 Å². The first-order chi connectivity index (χ1) is 7.85. The molecule has 0 spiro atoms. The zero-order valence-electron chi connectivity index (χ0n) is 9.75. The van der Waals surface area contributed by atoms with E-state index in [0.29, 0.717) is 0 Å². The minimum Gasteiger partial charge on any atom is -0.497 e. The summed E-state index contributed by atoms with van der Waals surface area (Å²) in [7, 11) is 3.38. The van der Waals surface area contributed by atoms with Crippen LogP contribution in [0.15, 0.2) is 24.3 Å². The number of hydrogen-bond acceptors (Lipinski definition) is 3. The first kappa shape index (κ1) is 11.0. The van der Waals surface area contributed by atoms with Crippen molar-refractivity contribution >= 4 is 5.57 Å². The molecule has 0 radical (unpaired) electrons. The van der Waals surface area contributed by atoms with Crippen molar-refractivity contribution in [2.24, 2.45) is 0 Å². The summed E-state index contributed by atoms with van der Waals surface area (Å²) in [6, 6.07) is 5.91. The van der Waals surface area contributed by atoms with Crippen molar-refractivity contribution in [3.8, 4) is 11.5 Å². The zero-order valence-corrected chi connectivity index (χ0v) is 9.75. The molecule has 1 aliphatic heterocycles. The van der Waals surface area contributed by atoms with Gasteiger partial charge in [0.1, 0.15) is 11.5 Å². The number of ether oxygens (including phenoxy) is 2. The number of hydrogen-bond donors (Lipinski definition) is 1. The summed E-state index contributed by atoms with van der Waals surface area (Å²) >= 11 is 0. The third-order valence-corrected chi connectivity index (χ3v) is 2.82. The molecule has 3 nitrogen and oxygen atoms in total. The molecule has 1 aromatic rings. The molecule has 1 aliphatic rings. The molecule has 16 heavy (non-hydrogen) atoms. The molecule has 2 rings (SSSR count). The van der Waals surface area contributed by atoms with Crippen molar-refractivity contribution in [3.63, 3.8) is 0 Å². The van der Waals surface area contributed by atoms with Gasteiger partial charge in [0.25, 0.3) is 0 Å². The van der Waals surface area contributed by atoms with Crippen LogP contribution >= 0.6 is 0 Å². The van der Waals surface area contributed by atoms with Gasteiger partial charge >= 0.3 is 0 Å². The van der Waals surface area contributed by atoms with E-state index < -0.39 is 0 Å². The highest BCUT2D eigenvalue weighted by atomic mass is 16.5. The predicted molar refractivity (Wildman–Crippen MR) is 65.0 cm³/mol. The van der Waals surface area contributed by atoms with Gasteiger partial charge in [-0.15, -0.1) is 0 Å². The molecular weight excluding hydrogens is 202 g/mol. The lowest BCUT2D eigenvalue weighted by molar-refractivity contribution is 0.402. The molecule has 0 bridgehead atoms. The van der Waals surface area contributed by atoms with E-state index in [1.807, 2.05) is 18.2 Å². The van der Waals surface area contributed by atoms with Crippen LogP contribution in [0.3, 0.4) is 0 Å². The smallest absolute Gasteiger partial charge is 0.126 e. The normalized spacial score (nSPS) is 15.5. The Bertz CT molecular complexity index is 399. The van der Waals surface area contributed by atoms with Crippen molar-refractivity contribution in [3.05, 3.63) is 29.8 Å². The van der Waals surface area contributed by atoms with Crippen LogP contribution in [0.5, 0.6) is 11.5 Å². The summed E-state index contributed by atoms with van der Waals surface area (Å²) in [5.74, 6) is 1.78. The summed E-state index contributed by atoms with van der Waals surface area (Å²) in [5, 5.41) is 3.30. The quantitative estimate of drug-likeness (QED) is 0.844. The monoisotopic (exact) mass is 219 g/mol. The molecule has 0 fully saturated rings. The highest BCUT2D eigenvalue weighted by molar-refractivity contribution is 5.72. The molecule has 0 saturated heterocycles. The van der Waals surface area contributed by atoms with E-state index in [1.54, 1.807) is 14.2 Å². The third-order valence-electron chi connectivity index (χ3n) is 2.82. The summed E-state index contributed by atoms with van der Waals surface area (Å²) in [4.78, 5) is 0. The van der Waals surface area contributed by atoms with Gasteiger partial charge in [0, 0.05) is 12.1 Å². The van der Waals surface area contributed by atoms with Gasteiger partial charge in [-0.25, -0.2) is 0 Å². The molecule has 3 heteroatoms. The van der Waals surface area contributed by atoms with Gasteiger partial charge < -0.3 is 14.8 Å². The number of methoxy groups -OCH3 is 2. The Kier molecular flexibility index (Phi) is 3.47. The largest absolute Gasteiger partial charge is 0.497 e. The Hall–Kier alpha value is -1.48. The molecule has 1 aromatic carbocycles. The second-order valence-electron chi connectivity index (χ2n) is 3.75. The summed E-state index contributed by atoms with van der Waals surface area (Å²) in [5.41, 5.74) is 2.47. The molecule has 0 unspecified atom stereocenters. The van der Waals surface area contributed by atoms with E-state index in [0.717, 1.165) is 36.6 Å². The van der Waals surface area contributed by atoms with E-state index >= 15 is 0 Å².